The third kappa shape index (κ3) is 6.66. The summed E-state index contributed by atoms with van der Waals surface area (Å²) in [6.45, 7) is 7.08. The van der Waals surface area contributed by atoms with Gasteiger partial charge >= 0.3 is 0 Å². The van der Waals surface area contributed by atoms with E-state index in [4.69, 9.17) is 4.74 Å². The van der Waals surface area contributed by atoms with Gasteiger partial charge in [0.25, 0.3) is 5.69 Å². The van der Waals surface area contributed by atoms with Gasteiger partial charge in [0.05, 0.1) is 17.3 Å². The van der Waals surface area contributed by atoms with Crippen LogP contribution in [0.25, 0.3) is 11.4 Å². The Balaban J connectivity index is 1.66. The Kier molecular flexibility index (Phi) is 8.59. The molecule has 0 saturated carbocycles. The molecule has 0 spiro atoms. The fraction of sp³-hybridized carbons (Fsp3) is 0.261. The molecule has 9 nitrogen and oxygen atoms in total. The van der Waals surface area contributed by atoms with Crippen molar-refractivity contribution < 1.29 is 14.5 Å². The topological polar surface area (TPSA) is 112 Å². The molecule has 0 fully saturated rings. The van der Waals surface area contributed by atoms with Gasteiger partial charge in [-0.3, -0.25) is 19.5 Å². The normalized spacial score (nSPS) is 10.6. The number of aromatic nitrogens is 3. The van der Waals surface area contributed by atoms with Gasteiger partial charge in [-0.05, 0) is 36.8 Å². The zero-order valence-corrected chi connectivity index (χ0v) is 19.1. The van der Waals surface area contributed by atoms with Crippen LogP contribution in [-0.4, -0.2) is 38.0 Å². The van der Waals surface area contributed by atoms with Crippen molar-refractivity contribution in [3.63, 3.8) is 0 Å². The van der Waals surface area contributed by atoms with Gasteiger partial charge in [-0.25, -0.2) is 0 Å². The molecule has 0 radical (unpaired) electrons. The number of anilines is 1. The summed E-state index contributed by atoms with van der Waals surface area (Å²) in [4.78, 5) is 22.8. The number of nitro groups is 1. The van der Waals surface area contributed by atoms with E-state index in [1.165, 1.54) is 30.0 Å². The van der Waals surface area contributed by atoms with E-state index < -0.39 is 4.92 Å². The number of nitro benzene ring substituents is 1. The van der Waals surface area contributed by atoms with Crippen LogP contribution in [0.15, 0.2) is 66.3 Å². The maximum absolute atomic E-state index is 12.4. The smallest absolute Gasteiger partial charge is 0.271 e. The predicted molar refractivity (Wildman–Crippen MR) is 129 cm³/mol. The van der Waals surface area contributed by atoms with E-state index in [0.717, 1.165) is 24.2 Å². The molecule has 1 heterocycles. The van der Waals surface area contributed by atoms with Crippen molar-refractivity contribution in [1.29, 1.82) is 0 Å². The van der Waals surface area contributed by atoms with Crippen molar-refractivity contribution >= 4 is 29.0 Å². The van der Waals surface area contributed by atoms with Gasteiger partial charge < -0.3 is 10.1 Å². The number of ether oxygens (including phenoxy) is 1. The Hall–Kier alpha value is -3.66. The zero-order valence-electron chi connectivity index (χ0n) is 18.3. The molecule has 10 heteroatoms. The maximum Gasteiger partial charge on any atom is 0.271 e. The second-order valence-electron chi connectivity index (χ2n) is 7.08. The minimum atomic E-state index is -0.506. The highest BCUT2D eigenvalue weighted by Crippen LogP contribution is 2.26. The van der Waals surface area contributed by atoms with Crippen molar-refractivity contribution in [2.45, 2.75) is 31.5 Å². The molecule has 172 valence electrons. The average molecular weight is 468 g/mol. The minimum absolute atomic E-state index is 0.0716. The number of hydrogen-bond acceptors (Lipinski definition) is 7. The van der Waals surface area contributed by atoms with Crippen LogP contribution in [0.1, 0.15) is 19.8 Å². The summed E-state index contributed by atoms with van der Waals surface area (Å²) >= 11 is 1.23. The summed E-state index contributed by atoms with van der Waals surface area (Å²) in [5.74, 6) is 1.23. The quantitative estimate of drug-likeness (QED) is 0.132. The Bertz CT molecular complexity index is 1110. The molecule has 0 saturated heterocycles. The van der Waals surface area contributed by atoms with Crippen LogP contribution >= 0.6 is 11.8 Å². The summed E-state index contributed by atoms with van der Waals surface area (Å²) in [5.41, 5.74) is 1.15. The Morgan fingerprint density at radius 3 is 2.76 bits per heavy atom. The van der Waals surface area contributed by atoms with E-state index in [0.29, 0.717) is 29.8 Å². The lowest BCUT2D eigenvalue weighted by Gasteiger charge is -2.09. The Morgan fingerprint density at radius 2 is 2.06 bits per heavy atom. The first-order valence-corrected chi connectivity index (χ1v) is 11.4. The van der Waals surface area contributed by atoms with E-state index >= 15 is 0 Å². The molecule has 33 heavy (non-hydrogen) atoms. The molecule has 0 aliphatic carbocycles. The minimum Gasteiger partial charge on any atom is -0.494 e. The molecular weight excluding hydrogens is 442 g/mol. The first-order valence-electron chi connectivity index (χ1n) is 10.5. The lowest BCUT2D eigenvalue weighted by molar-refractivity contribution is -0.384. The first kappa shape index (κ1) is 24.0. The Morgan fingerprint density at radius 1 is 1.27 bits per heavy atom. The lowest BCUT2D eigenvalue weighted by Crippen LogP contribution is -2.14. The number of rotatable bonds is 12. The first-order chi connectivity index (χ1) is 16.0. The maximum atomic E-state index is 12.4. The van der Waals surface area contributed by atoms with Crippen LogP contribution in [0.2, 0.25) is 0 Å². The fourth-order valence-electron chi connectivity index (χ4n) is 2.96. The molecule has 1 N–H and O–H groups in total. The second kappa shape index (κ2) is 11.8. The molecule has 0 bridgehead atoms. The van der Waals surface area contributed by atoms with Crippen molar-refractivity contribution in [3.8, 4) is 17.1 Å². The SMILES string of the molecule is C=CCn1c(SCC(=O)Nc2cccc([N+](=O)[O-])c2)nnc1-c1ccc(OCCCC)cc1. The number of thioether (sulfide) groups is 1. The highest BCUT2D eigenvalue weighted by molar-refractivity contribution is 7.99. The van der Waals surface area contributed by atoms with Crippen molar-refractivity contribution in [2.75, 3.05) is 17.7 Å². The van der Waals surface area contributed by atoms with E-state index in [9.17, 15) is 14.9 Å². The summed E-state index contributed by atoms with van der Waals surface area (Å²) < 4.78 is 7.59. The number of nitrogens with zero attached hydrogens (tertiary/aromatic N) is 4. The third-order valence-electron chi connectivity index (χ3n) is 4.58. The number of non-ortho nitro benzene ring substituents is 1. The predicted octanol–water partition coefficient (Wildman–Crippen LogP) is 4.95. The van der Waals surface area contributed by atoms with E-state index in [1.807, 2.05) is 28.8 Å². The van der Waals surface area contributed by atoms with Gasteiger partial charge in [0.15, 0.2) is 11.0 Å². The number of allylic oxidation sites excluding steroid dienone is 1. The average Bonchev–Trinajstić information content (AvgIpc) is 3.21. The molecular formula is C23H25N5O4S. The lowest BCUT2D eigenvalue weighted by atomic mass is 10.2. The van der Waals surface area contributed by atoms with Crippen molar-refractivity contribution in [1.82, 2.24) is 14.8 Å². The number of amides is 1. The number of carbonyl (C=O) groups excluding carboxylic acids is 1. The van der Waals surface area contributed by atoms with Crippen molar-refractivity contribution in [3.05, 3.63) is 71.3 Å². The molecule has 2 aromatic carbocycles. The molecule has 0 atom stereocenters. The van der Waals surface area contributed by atoms with Crippen LogP contribution < -0.4 is 10.1 Å². The molecule has 0 aliphatic heterocycles. The number of benzene rings is 2. The zero-order chi connectivity index (χ0) is 23.6. The highest BCUT2D eigenvalue weighted by Gasteiger charge is 2.16. The standard InChI is InChI=1S/C23H25N5O4S/c1-3-5-14-32-20-11-9-17(10-12-20)22-25-26-23(27(22)13-4-2)33-16-21(29)24-18-7-6-8-19(15-18)28(30)31/h4,6-12,15H,2-3,5,13-14,16H2,1H3,(H,24,29). The van der Waals surface area contributed by atoms with Gasteiger partial charge in [0.1, 0.15) is 5.75 Å². The van der Waals surface area contributed by atoms with Crippen LogP contribution in [-0.2, 0) is 11.3 Å². The Labute approximate surface area is 196 Å². The molecule has 1 amide bonds. The van der Waals surface area contributed by atoms with E-state index in [-0.39, 0.29) is 17.3 Å². The number of unbranched alkanes of at least 4 members (excludes halogenated alkanes) is 1. The van der Waals surface area contributed by atoms with Gasteiger partial charge in [0.2, 0.25) is 5.91 Å². The summed E-state index contributed by atoms with van der Waals surface area (Å²) in [7, 11) is 0. The number of nitrogens with one attached hydrogen (secondary N) is 1. The van der Waals surface area contributed by atoms with Crippen LogP contribution in [0.5, 0.6) is 5.75 Å². The van der Waals surface area contributed by atoms with Crippen LogP contribution in [0.3, 0.4) is 0 Å². The largest absolute Gasteiger partial charge is 0.494 e. The van der Waals surface area contributed by atoms with E-state index in [2.05, 4.69) is 29.0 Å². The van der Waals surface area contributed by atoms with Gasteiger partial charge in [-0.15, -0.1) is 16.8 Å². The monoisotopic (exact) mass is 467 g/mol. The van der Waals surface area contributed by atoms with Crippen molar-refractivity contribution in [2.24, 2.45) is 0 Å². The summed E-state index contributed by atoms with van der Waals surface area (Å²) in [6, 6.07) is 13.5. The molecule has 3 aromatic rings. The van der Waals surface area contributed by atoms with E-state index in [1.54, 1.807) is 12.1 Å². The van der Waals surface area contributed by atoms with Gasteiger partial charge in [-0.1, -0.05) is 37.2 Å². The van der Waals surface area contributed by atoms with Gasteiger partial charge in [-0.2, -0.15) is 0 Å². The third-order valence-corrected chi connectivity index (χ3v) is 5.55. The summed E-state index contributed by atoms with van der Waals surface area (Å²) in [5, 5.41) is 22.7. The van der Waals surface area contributed by atoms with Crippen LogP contribution in [0, 0.1) is 10.1 Å². The summed E-state index contributed by atoms with van der Waals surface area (Å²) in [6.07, 6.45) is 3.82. The number of hydrogen-bond donors (Lipinski definition) is 1. The van der Waals surface area contributed by atoms with Gasteiger partial charge in [0, 0.05) is 29.9 Å². The number of carbonyl (C=O) groups is 1. The fourth-order valence-corrected chi connectivity index (χ4v) is 3.71. The molecule has 0 unspecified atom stereocenters. The van der Waals surface area contributed by atoms with Crippen LogP contribution in [0.4, 0.5) is 11.4 Å². The highest BCUT2D eigenvalue weighted by atomic mass is 32.2. The molecule has 3 rings (SSSR count). The second-order valence-corrected chi connectivity index (χ2v) is 8.02. The molecule has 0 aliphatic rings. The molecule has 1 aromatic heterocycles.